The summed E-state index contributed by atoms with van der Waals surface area (Å²) in [5.74, 6) is -5.10. The number of amides is 10. The van der Waals surface area contributed by atoms with E-state index in [9.17, 15) is 53.5 Å². The Labute approximate surface area is 641 Å². The molecule has 3 aromatic rings. The van der Waals surface area contributed by atoms with E-state index in [-0.39, 0.29) is 106 Å². The Morgan fingerprint density at radius 3 is 2.04 bits per heavy atom. The maximum absolute atomic E-state index is 14.5. The van der Waals surface area contributed by atoms with Crippen molar-refractivity contribution in [2.45, 2.75) is 179 Å². The number of likely N-dealkylation sites (tertiary alicyclic amines) is 1. The van der Waals surface area contributed by atoms with Crippen LogP contribution in [0.2, 0.25) is 0 Å². The van der Waals surface area contributed by atoms with Gasteiger partial charge in [-0.05, 0) is 125 Å². The third kappa shape index (κ3) is 26.5. The zero-order valence-corrected chi connectivity index (χ0v) is 66.2. The minimum Gasteiger partial charge on any atom is -0.379 e. The van der Waals surface area contributed by atoms with E-state index >= 15 is 0 Å². The number of azide groups is 1. The Morgan fingerprint density at radius 2 is 1.40 bits per heavy atom. The summed E-state index contributed by atoms with van der Waals surface area (Å²) in [5.41, 5.74) is 19.3. The Bertz CT molecular complexity index is 3780. The summed E-state index contributed by atoms with van der Waals surface area (Å²) in [7, 11) is 8.34. The smallest absolute Gasteiger partial charge is 0.251 e. The Balaban J connectivity index is 0.917. The van der Waals surface area contributed by atoms with Crippen LogP contribution in [0.15, 0.2) is 93.8 Å². The number of methoxy groups -OCH3 is 2. The molecule has 590 valence electrons. The summed E-state index contributed by atoms with van der Waals surface area (Å²) in [6.07, 6.45) is 12.1. The largest absolute Gasteiger partial charge is 0.379 e. The molecule has 1 saturated heterocycles. The Kier molecular flexibility index (Phi) is 36.0. The van der Waals surface area contributed by atoms with Gasteiger partial charge in [-0.15, -0.1) is 23.5 Å². The normalized spacial score (nSPS) is 17.9. The fourth-order valence-electron chi connectivity index (χ4n) is 13.2. The molecular formula is C76H110N16O14S2. The molecule has 30 nitrogen and oxygen atoms in total. The third-order valence-electron chi connectivity index (χ3n) is 19.2. The van der Waals surface area contributed by atoms with Crippen LogP contribution in [0.1, 0.15) is 128 Å². The second-order valence-corrected chi connectivity index (χ2v) is 30.3. The molecule has 2 aromatic carbocycles. The number of benzene rings is 2. The highest BCUT2D eigenvalue weighted by Crippen LogP contribution is 2.35. The molecule has 0 saturated carbocycles. The van der Waals surface area contributed by atoms with Crippen LogP contribution in [0.25, 0.3) is 21.5 Å². The topological polar surface area (TPSA) is 402 Å². The van der Waals surface area contributed by atoms with E-state index in [1.54, 1.807) is 89.8 Å². The molecule has 1 fully saturated rings. The van der Waals surface area contributed by atoms with Crippen molar-refractivity contribution in [3.05, 3.63) is 122 Å². The van der Waals surface area contributed by atoms with Crippen LogP contribution in [-0.2, 0) is 80.0 Å². The zero-order valence-electron chi connectivity index (χ0n) is 64.6. The summed E-state index contributed by atoms with van der Waals surface area (Å²) >= 11 is 3.40. The van der Waals surface area contributed by atoms with Gasteiger partial charge in [-0.1, -0.05) is 90.4 Å². The van der Waals surface area contributed by atoms with Crippen molar-refractivity contribution < 1.29 is 66.9 Å². The lowest BCUT2D eigenvalue weighted by Gasteiger charge is -2.41. The van der Waals surface area contributed by atoms with Crippen molar-refractivity contribution in [3.8, 4) is 0 Å². The number of aromatic nitrogens is 2. The van der Waals surface area contributed by atoms with Crippen LogP contribution in [0.4, 0.5) is 5.69 Å². The number of hydrogen-bond acceptors (Lipinski definition) is 20. The van der Waals surface area contributed by atoms with E-state index in [1.807, 2.05) is 78.8 Å². The fraction of sp³-hybridized carbons (Fsp3) is 0.579. The van der Waals surface area contributed by atoms with Crippen molar-refractivity contribution in [3.63, 3.8) is 0 Å². The van der Waals surface area contributed by atoms with E-state index in [4.69, 9.17) is 34.6 Å². The van der Waals surface area contributed by atoms with Gasteiger partial charge in [-0.2, -0.15) is 0 Å². The van der Waals surface area contributed by atoms with Gasteiger partial charge in [0.05, 0.1) is 97.9 Å². The minimum atomic E-state index is -1.47. The van der Waals surface area contributed by atoms with Crippen molar-refractivity contribution in [1.82, 2.24) is 56.6 Å². The molecule has 9 N–H and O–H groups in total. The highest BCUT2D eigenvalue weighted by molar-refractivity contribution is 8.03. The molecule has 0 spiro atoms. The summed E-state index contributed by atoms with van der Waals surface area (Å²) in [5, 5.41) is 22.8. The van der Waals surface area contributed by atoms with Crippen LogP contribution in [0.5, 0.6) is 0 Å². The molecule has 32 heteroatoms. The number of carbonyl (C=O) groups excluding carboxylic acids is 10. The number of nitrogens with two attached hydrogens (primary N) is 1. The van der Waals surface area contributed by atoms with E-state index in [0.29, 0.717) is 59.5 Å². The molecule has 2 aliphatic heterocycles. The predicted molar refractivity (Wildman–Crippen MR) is 416 cm³/mol. The molecule has 0 unspecified atom stereocenters. The molecule has 1 aromatic heterocycles. The summed E-state index contributed by atoms with van der Waals surface area (Å²) in [6.45, 7) is 17.2. The maximum Gasteiger partial charge on any atom is 0.251 e. The highest BCUT2D eigenvalue weighted by Gasteiger charge is 2.44. The number of carbonyl (C=O) groups is 10. The van der Waals surface area contributed by atoms with E-state index in [1.165, 1.54) is 28.1 Å². The van der Waals surface area contributed by atoms with Crippen LogP contribution >= 0.6 is 23.5 Å². The van der Waals surface area contributed by atoms with Gasteiger partial charge >= 0.3 is 0 Å². The van der Waals surface area contributed by atoms with Crippen molar-refractivity contribution in [2.24, 2.45) is 34.5 Å². The van der Waals surface area contributed by atoms with Crippen molar-refractivity contribution in [1.29, 1.82) is 0 Å². The van der Waals surface area contributed by atoms with E-state index < -0.39 is 108 Å². The number of hydrogen-bond donors (Lipinski definition) is 8. The molecule has 2 bridgehead atoms. The maximum atomic E-state index is 14.5. The number of likely N-dealkylation sites (N-methyl/N-ethyl adjacent to an activating group) is 2. The molecule has 1 aliphatic carbocycles. The molecule has 0 radical (unpaired) electrons. The molecule has 3 heterocycles. The van der Waals surface area contributed by atoms with Gasteiger partial charge in [0.2, 0.25) is 53.2 Å². The molecule has 3 aliphatic rings. The highest BCUT2D eigenvalue weighted by atomic mass is 32.2. The molecule has 108 heavy (non-hydrogen) atoms. The second-order valence-electron chi connectivity index (χ2n) is 28.2. The first kappa shape index (κ1) is 88.2. The first-order chi connectivity index (χ1) is 51.5. The SMILES string of the molecule is CC[C@H](C)[C@@H]([C@@H](CC(=O)N1CCC[C@H]1[C@H](OC)[C@@H](C)C(=O)N[C@H](CN=[N+]=[N-])Cc1ccc(NC(=O)[C@H](CC(N)=O)NC(=O)[C@H](C)NC(=O)[C@H](C)NC(=O)CCOCCOCCNC(=O)c2ccc3nc4c(nc3c2)CSC2=C/C=C\C=C\C(=C2)SC4)cc1)OC)N(C)C(=O)[C@@H](NC(=O)[C@H](C(C)C)N(C)C)C(C)C. The minimum absolute atomic E-state index is 0.0125. The Hall–Kier alpha value is -8.75. The summed E-state index contributed by atoms with van der Waals surface area (Å²) in [4.78, 5) is 155. The third-order valence-corrected chi connectivity index (χ3v) is 21.2. The first-order valence-electron chi connectivity index (χ1n) is 36.7. The number of allylic oxidation sites excluding steroid dienone is 6. The average molecular weight is 1540 g/mol. The van der Waals surface area contributed by atoms with Gasteiger partial charge < -0.3 is 71.7 Å². The number of primary amides is 1. The molecule has 6 rings (SSSR count). The number of thioether (sulfide) groups is 2. The fourth-order valence-corrected chi connectivity index (χ4v) is 15.1. The Morgan fingerprint density at radius 1 is 0.731 bits per heavy atom. The molecule has 10 amide bonds. The quantitative estimate of drug-likeness (QED) is 0.0137. The molecular weight excluding hydrogens is 1430 g/mol. The lowest BCUT2D eigenvalue weighted by molar-refractivity contribution is -0.148. The number of rotatable bonds is 41. The monoisotopic (exact) mass is 1530 g/mol. The van der Waals surface area contributed by atoms with Crippen LogP contribution in [-0.4, -0.2) is 226 Å². The zero-order chi connectivity index (χ0) is 79.3. The number of nitrogens with one attached hydrogen (secondary N) is 7. The first-order valence-corrected chi connectivity index (χ1v) is 38.7. The lowest BCUT2D eigenvalue weighted by Crippen LogP contribution is -2.59. The predicted octanol–water partition coefficient (Wildman–Crippen LogP) is 6.15. The summed E-state index contributed by atoms with van der Waals surface area (Å²) < 4.78 is 23.3. The second kappa shape index (κ2) is 44.0. The standard InChI is InChI=1S/C76H110N16O14S2/c1-15-46(6)68(91(12)76(102)66(44(2)3)88-75(101)67(45(4)5)90(10)11)62(103-13)40-65(95)92-31-19-22-61(92)69(104-14)47(7)70(96)84-53(41-80-89-78)36-50-23-26-52(27-24-50)83-74(100)58(39-63(77)93)87-72(98)49(9)82-71(97)48(8)81-64(94)29-32-105-34-35-106-33-30-79-73(99)51-25-28-56-57(37-51)86-60-43-108-55-21-18-16-17-20-54(38-55)107-42-59(60)85-56/h16-18,20-21,23-28,37-38,44-49,53,58,61-62,66-69H,15,19,22,29-36,39-43H2,1-14H3,(H2,77,93)(H,79,99)(H,81,94)(H,82,97)(H,83,100)(H,84,96)(H,87,98)(H,88,101)/b17-16?,18-16-,20-17+,21-18?,54-20?,54-38?,55-21?,55-38?/t46-,47+,48-,49-,53-,58-,61-,62+,66-,67-,68-,69+/m0/s1. The van der Waals surface area contributed by atoms with Crippen LogP contribution < -0.4 is 43.0 Å². The van der Waals surface area contributed by atoms with Crippen molar-refractivity contribution >= 4 is 99.3 Å². The molecule has 12 atom stereocenters. The number of fused-ring (bicyclic) bond motifs is 3. The van der Waals surface area contributed by atoms with Gasteiger partial charge in [0.25, 0.3) is 5.91 Å². The number of nitrogens with zero attached hydrogens (tertiary/aromatic N) is 8. The summed E-state index contributed by atoms with van der Waals surface area (Å²) in [6, 6.07) is 4.87. The van der Waals surface area contributed by atoms with Gasteiger partial charge in [0.1, 0.15) is 24.2 Å². The van der Waals surface area contributed by atoms with Gasteiger partial charge in [0, 0.05) is 90.8 Å². The van der Waals surface area contributed by atoms with Crippen LogP contribution in [0.3, 0.4) is 0 Å². The van der Waals surface area contributed by atoms with E-state index in [2.05, 4.69) is 65.5 Å². The van der Waals surface area contributed by atoms with Gasteiger partial charge in [-0.25, -0.2) is 9.97 Å². The number of ether oxygens (including phenoxy) is 4. The number of anilines is 1. The average Bonchev–Trinajstić information content (AvgIpc) is 1.31. The van der Waals surface area contributed by atoms with Crippen molar-refractivity contribution in [2.75, 3.05) is 86.7 Å². The van der Waals surface area contributed by atoms with Crippen LogP contribution in [0, 0.1) is 23.7 Å². The lowest BCUT2D eigenvalue weighted by atomic mass is 9.89. The van der Waals surface area contributed by atoms with Gasteiger partial charge in [-0.3, -0.25) is 52.8 Å². The van der Waals surface area contributed by atoms with Gasteiger partial charge in [0.15, 0.2) is 0 Å². The van der Waals surface area contributed by atoms with E-state index in [0.717, 1.165) is 21.2 Å².